The second-order valence-electron chi connectivity index (χ2n) is 6.79. The molecule has 152 valence electrons. The van der Waals surface area contributed by atoms with Crippen LogP contribution in [0, 0.1) is 0 Å². The summed E-state index contributed by atoms with van der Waals surface area (Å²) in [5.74, 6) is -0.140. The average molecular weight is 441 g/mol. The van der Waals surface area contributed by atoms with Gasteiger partial charge in [-0.3, -0.25) is 14.8 Å². The van der Waals surface area contributed by atoms with Gasteiger partial charge in [-0.15, -0.1) is 5.10 Å². The van der Waals surface area contributed by atoms with E-state index >= 15 is 0 Å². The fourth-order valence-corrected chi connectivity index (χ4v) is 3.27. The van der Waals surface area contributed by atoms with E-state index in [2.05, 4.69) is 20.5 Å². The first-order chi connectivity index (χ1) is 13.9. The molecule has 0 saturated heterocycles. The van der Waals surface area contributed by atoms with Gasteiger partial charge in [0.25, 0.3) is 6.43 Å². The van der Waals surface area contributed by atoms with Gasteiger partial charge in [-0.05, 0) is 36.6 Å². The molecule has 0 unspecified atom stereocenters. The van der Waals surface area contributed by atoms with Gasteiger partial charge in [-0.1, -0.05) is 29.3 Å². The van der Waals surface area contributed by atoms with Crippen LogP contribution >= 0.6 is 23.2 Å². The number of carbonyl (C=O) groups is 1. The maximum Gasteiger partial charge on any atom is 0.282 e. The maximum absolute atomic E-state index is 12.9. The van der Waals surface area contributed by atoms with E-state index in [-0.39, 0.29) is 24.1 Å². The lowest BCUT2D eigenvalue weighted by atomic mass is 10.2. The molecule has 0 bridgehead atoms. The molecule has 0 aliphatic heterocycles. The highest BCUT2D eigenvalue weighted by atomic mass is 35.5. The summed E-state index contributed by atoms with van der Waals surface area (Å²) >= 11 is 11.9. The highest BCUT2D eigenvalue weighted by Crippen LogP contribution is 2.41. The second kappa shape index (κ2) is 8.08. The zero-order chi connectivity index (χ0) is 20.5. The van der Waals surface area contributed by atoms with Crippen LogP contribution in [0.5, 0.6) is 0 Å². The molecule has 1 amide bonds. The predicted octanol–water partition coefficient (Wildman–Crippen LogP) is 4.28. The van der Waals surface area contributed by atoms with Gasteiger partial charge in [0, 0.05) is 11.6 Å². The molecule has 1 aromatic carbocycles. The maximum atomic E-state index is 12.9. The number of nitrogens with zero attached hydrogens (tertiary/aromatic N) is 5. The molecular weight excluding hydrogens is 425 g/mol. The van der Waals surface area contributed by atoms with Gasteiger partial charge in [-0.25, -0.2) is 18.4 Å². The Labute approximate surface area is 174 Å². The van der Waals surface area contributed by atoms with Gasteiger partial charge in [-0.2, -0.15) is 5.10 Å². The molecule has 4 rings (SSSR count). The van der Waals surface area contributed by atoms with Crippen molar-refractivity contribution in [1.29, 1.82) is 0 Å². The number of halogens is 4. The zero-order valence-corrected chi connectivity index (χ0v) is 16.5. The van der Waals surface area contributed by atoms with Crippen LogP contribution in [0.4, 0.5) is 14.7 Å². The van der Waals surface area contributed by atoms with Crippen molar-refractivity contribution in [3.8, 4) is 0 Å². The van der Waals surface area contributed by atoms with Crippen LogP contribution in [0.1, 0.15) is 42.1 Å². The van der Waals surface area contributed by atoms with Crippen LogP contribution in [-0.4, -0.2) is 30.5 Å². The molecule has 0 radical (unpaired) electrons. The smallest absolute Gasteiger partial charge is 0.282 e. The first kappa shape index (κ1) is 19.8. The summed E-state index contributed by atoms with van der Waals surface area (Å²) in [6.07, 6.45) is 0.625. The van der Waals surface area contributed by atoms with E-state index in [0.717, 1.165) is 18.4 Å². The Hall–Kier alpha value is -2.52. The molecule has 2 aromatic heterocycles. The number of hydrogen-bond acceptors (Lipinski definition) is 4. The monoisotopic (exact) mass is 440 g/mol. The van der Waals surface area contributed by atoms with Gasteiger partial charge in [0.05, 0.1) is 16.6 Å². The summed E-state index contributed by atoms with van der Waals surface area (Å²) in [7, 11) is 0. The van der Waals surface area contributed by atoms with E-state index in [1.807, 2.05) is 6.07 Å². The first-order valence-corrected chi connectivity index (χ1v) is 9.63. The summed E-state index contributed by atoms with van der Waals surface area (Å²) in [6.45, 7) is 0.211. The fourth-order valence-electron chi connectivity index (χ4n) is 2.95. The number of aromatic nitrogens is 5. The van der Waals surface area contributed by atoms with Gasteiger partial charge >= 0.3 is 0 Å². The van der Waals surface area contributed by atoms with E-state index in [1.54, 1.807) is 12.1 Å². The predicted molar refractivity (Wildman–Crippen MR) is 103 cm³/mol. The molecule has 0 atom stereocenters. The molecule has 1 N–H and O–H groups in total. The molecule has 29 heavy (non-hydrogen) atoms. The van der Waals surface area contributed by atoms with Gasteiger partial charge in [0.1, 0.15) is 18.6 Å². The standard InChI is InChI=1S/C18H16Cl2F2N6O/c19-12-4-1-10(5-13(12)20)7-27-9-23-18(26-27)24-16(29)8-28-15(11-2-3-11)6-14(25-28)17(21)22/h1,4-6,9,11,17H,2-3,7-8H2,(H,24,26,29). The van der Waals surface area contributed by atoms with Crippen LogP contribution in [0.25, 0.3) is 0 Å². The van der Waals surface area contributed by atoms with Crippen molar-refractivity contribution in [2.75, 3.05) is 5.32 Å². The molecule has 1 aliphatic carbocycles. The van der Waals surface area contributed by atoms with Gasteiger partial charge in [0.15, 0.2) is 0 Å². The number of carbonyl (C=O) groups excluding carboxylic acids is 1. The normalized spacial score (nSPS) is 13.8. The van der Waals surface area contributed by atoms with Crippen molar-refractivity contribution in [3.63, 3.8) is 0 Å². The van der Waals surface area contributed by atoms with Crippen molar-refractivity contribution in [2.45, 2.75) is 38.3 Å². The SMILES string of the molecule is O=C(Cn1nc(C(F)F)cc1C1CC1)Nc1ncn(Cc2ccc(Cl)c(Cl)c2)n1. The lowest BCUT2D eigenvalue weighted by Gasteiger charge is -2.06. The highest BCUT2D eigenvalue weighted by molar-refractivity contribution is 6.42. The minimum Gasteiger partial charge on any atom is -0.292 e. The second-order valence-corrected chi connectivity index (χ2v) is 7.60. The number of alkyl halides is 2. The summed E-state index contributed by atoms with van der Waals surface area (Å²) in [5, 5.41) is 11.5. The molecule has 1 saturated carbocycles. The summed E-state index contributed by atoms with van der Waals surface area (Å²) in [4.78, 5) is 16.4. The Morgan fingerprint density at radius 3 is 2.69 bits per heavy atom. The van der Waals surface area contributed by atoms with Crippen molar-refractivity contribution in [1.82, 2.24) is 24.5 Å². The van der Waals surface area contributed by atoms with E-state index in [0.29, 0.717) is 22.3 Å². The lowest BCUT2D eigenvalue weighted by molar-refractivity contribution is -0.117. The van der Waals surface area contributed by atoms with Crippen LogP contribution in [0.15, 0.2) is 30.6 Å². The van der Waals surface area contributed by atoms with E-state index in [9.17, 15) is 13.6 Å². The van der Waals surface area contributed by atoms with Crippen LogP contribution in [0.2, 0.25) is 10.0 Å². The largest absolute Gasteiger partial charge is 0.292 e. The molecule has 11 heteroatoms. The third-order valence-corrected chi connectivity index (χ3v) is 5.20. The number of rotatable bonds is 7. The summed E-state index contributed by atoms with van der Waals surface area (Å²) in [5.41, 5.74) is 1.21. The van der Waals surface area contributed by atoms with E-state index < -0.39 is 12.3 Å². The van der Waals surface area contributed by atoms with Crippen molar-refractivity contribution < 1.29 is 13.6 Å². The Bertz CT molecular complexity index is 1050. The quantitative estimate of drug-likeness (QED) is 0.594. The number of amides is 1. The van der Waals surface area contributed by atoms with Crippen LogP contribution in [0.3, 0.4) is 0 Å². The Balaban J connectivity index is 1.40. The Morgan fingerprint density at radius 2 is 2.00 bits per heavy atom. The number of benzene rings is 1. The third kappa shape index (κ3) is 4.73. The molecular formula is C18H16Cl2F2N6O. The number of nitrogens with one attached hydrogen (secondary N) is 1. The van der Waals surface area contributed by atoms with Crippen LogP contribution < -0.4 is 5.32 Å². The zero-order valence-electron chi connectivity index (χ0n) is 15.0. The molecule has 7 nitrogen and oxygen atoms in total. The summed E-state index contributed by atoms with van der Waals surface area (Å²) in [6, 6.07) is 6.60. The molecule has 2 heterocycles. The van der Waals surface area contributed by atoms with E-state index in [1.165, 1.54) is 21.8 Å². The topological polar surface area (TPSA) is 77.6 Å². The van der Waals surface area contributed by atoms with E-state index in [4.69, 9.17) is 23.2 Å². The highest BCUT2D eigenvalue weighted by Gasteiger charge is 2.30. The van der Waals surface area contributed by atoms with Crippen LogP contribution in [-0.2, 0) is 17.9 Å². The fraction of sp³-hybridized carbons (Fsp3) is 0.333. The van der Waals surface area contributed by atoms with Crippen molar-refractivity contribution in [3.05, 3.63) is 57.6 Å². The van der Waals surface area contributed by atoms with Gasteiger partial charge in [0.2, 0.25) is 11.9 Å². The lowest BCUT2D eigenvalue weighted by Crippen LogP contribution is -2.21. The molecule has 1 fully saturated rings. The molecule has 0 spiro atoms. The number of hydrogen-bond donors (Lipinski definition) is 1. The average Bonchev–Trinajstić information content (AvgIpc) is 3.28. The minimum atomic E-state index is -2.67. The molecule has 1 aliphatic rings. The summed E-state index contributed by atoms with van der Waals surface area (Å²) < 4.78 is 28.8. The number of anilines is 1. The first-order valence-electron chi connectivity index (χ1n) is 8.88. The minimum absolute atomic E-state index is 0.115. The Kier molecular flexibility index (Phi) is 5.51. The Morgan fingerprint density at radius 1 is 1.21 bits per heavy atom. The van der Waals surface area contributed by atoms with Gasteiger partial charge < -0.3 is 0 Å². The molecule has 3 aromatic rings. The third-order valence-electron chi connectivity index (χ3n) is 4.46. The van der Waals surface area contributed by atoms with Crippen molar-refractivity contribution in [2.24, 2.45) is 0 Å². The van der Waals surface area contributed by atoms with Crippen molar-refractivity contribution >= 4 is 35.1 Å².